The van der Waals surface area contributed by atoms with Crippen molar-refractivity contribution in [2.75, 3.05) is 13.1 Å². The van der Waals surface area contributed by atoms with Crippen LogP contribution in [0.5, 0.6) is 0 Å². The molecule has 24 heavy (non-hydrogen) atoms. The molecule has 1 rings (SSSR count). The van der Waals surface area contributed by atoms with Crippen LogP contribution in [0, 0.1) is 11.8 Å². The van der Waals surface area contributed by atoms with Crippen molar-refractivity contribution < 1.29 is 9.59 Å². The van der Waals surface area contributed by atoms with Crippen LogP contribution in [0.1, 0.15) is 40.5 Å². The summed E-state index contributed by atoms with van der Waals surface area (Å²) in [4.78, 5) is 23.7. The molecule has 0 spiro atoms. The van der Waals surface area contributed by atoms with E-state index in [2.05, 4.69) is 22.8 Å². The lowest BCUT2D eigenvalue weighted by molar-refractivity contribution is -0.126. The number of carbonyl (C=O) groups is 2. The minimum Gasteiger partial charge on any atom is -0.354 e. The van der Waals surface area contributed by atoms with Gasteiger partial charge in [-0.25, -0.2) is 0 Å². The third kappa shape index (κ3) is 7.95. The Morgan fingerprint density at radius 1 is 1.00 bits per heavy atom. The highest BCUT2D eigenvalue weighted by Crippen LogP contribution is 2.11. The Labute approximate surface area is 145 Å². The summed E-state index contributed by atoms with van der Waals surface area (Å²) in [6, 6.07) is 0. The fourth-order valence-electron chi connectivity index (χ4n) is 2.10. The summed E-state index contributed by atoms with van der Waals surface area (Å²) in [7, 11) is 0. The Bertz CT molecular complexity index is 554. The van der Waals surface area contributed by atoms with Crippen LogP contribution in [-0.4, -0.2) is 24.9 Å². The molecule has 0 heterocycles. The van der Waals surface area contributed by atoms with Crippen molar-refractivity contribution in [1.82, 2.24) is 10.6 Å². The van der Waals surface area contributed by atoms with Gasteiger partial charge in [0.15, 0.2) is 0 Å². The van der Waals surface area contributed by atoms with Crippen LogP contribution in [0.25, 0.3) is 0 Å². The number of nitrogens with one attached hydrogen (secondary N) is 2. The number of hydrogen-bond acceptors (Lipinski definition) is 2. The average Bonchev–Trinajstić information content (AvgIpc) is 2.53. The highest BCUT2D eigenvalue weighted by molar-refractivity contribution is 5.79. The Kier molecular flexibility index (Phi) is 8.84. The first-order valence-corrected chi connectivity index (χ1v) is 8.66. The molecule has 2 amide bonds. The Morgan fingerprint density at radius 2 is 1.67 bits per heavy atom. The third-order valence-electron chi connectivity index (χ3n) is 4.14. The Balaban J connectivity index is 2.24. The van der Waals surface area contributed by atoms with Crippen molar-refractivity contribution in [3.8, 4) is 0 Å². The molecule has 1 unspecified atom stereocenters. The van der Waals surface area contributed by atoms with E-state index in [9.17, 15) is 9.59 Å². The minimum atomic E-state index is -0.00990. The van der Waals surface area contributed by atoms with Crippen molar-refractivity contribution in [3.05, 3.63) is 47.6 Å². The molecular weight excluding hydrogens is 300 g/mol. The predicted octanol–water partition coefficient (Wildman–Crippen LogP) is 3.29. The molecule has 0 aromatic carbocycles. The molecule has 4 heteroatoms. The van der Waals surface area contributed by atoms with Gasteiger partial charge in [0.25, 0.3) is 0 Å². The monoisotopic (exact) mass is 330 g/mol. The first-order valence-electron chi connectivity index (χ1n) is 8.66. The van der Waals surface area contributed by atoms with E-state index in [4.69, 9.17) is 0 Å². The summed E-state index contributed by atoms with van der Waals surface area (Å²) in [6.45, 7) is 8.95. The molecule has 0 bridgehead atoms. The number of rotatable bonds is 8. The van der Waals surface area contributed by atoms with E-state index >= 15 is 0 Å². The average molecular weight is 330 g/mol. The summed E-state index contributed by atoms with van der Waals surface area (Å²) in [5, 5.41) is 5.70. The van der Waals surface area contributed by atoms with Crippen molar-refractivity contribution in [2.24, 2.45) is 11.8 Å². The maximum Gasteiger partial charge on any atom is 0.223 e. The second kappa shape index (κ2) is 10.6. The summed E-state index contributed by atoms with van der Waals surface area (Å²) < 4.78 is 0. The van der Waals surface area contributed by atoms with Gasteiger partial charge in [-0.3, -0.25) is 9.59 Å². The lowest BCUT2D eigenvalue weighted by Crippen LogP contribution is -2.38. The maximum atomic E-state index is 11.9. The zero-order valence-corrected chi connectivity index (χ0v) is 15.3. The zero-order chi connectivity index (χ0) is 17.9. The lowest BCUT2D eigenvalue weighted by atomic mass is 9.97. The molecule has 0 fully saturated rings. The van der Waals surface area contributed by atoms with Crippen LogP contribution in [0.3, 0.4) is 0 Å². The van der Waals surface area contributed by atoms with E-state index in [-0.39, 0.29) is 17.7 Å². The summed E-state index contributed by atoms with van der Waals surface area (Å²) in [5.74, 6) is 0.356. The van der Waals surface area contributed by atoms with Gasteiger partial charge in [-0.05, 0) is 24.8 Å². The van der Waals surface area contributed by atoms with Gasteiger partial charge in [0, 0.05) is 25.4 Å². The predicted molar refractivity (Wildman–Crippen MR) is 99.4 cm³/mol. The minimum absolute atomic E-state index is 0.00811. The van der Waals surface area contributed by atoms with Crippen LogP contribution in [-0.2, 0) is 9.59 Å². The largest absolute Gasteiger partial charge is 0.354 e. The zero-order valence-electron chi connectivity index (χ0n) is 15.3. The standard InChI is InChI=1S/C20H30N2O2/c1-15(2)17(4)20(24)22-14-13-21-19(23)12-11-18-8-6-5-7-16(3)9-10-18/h5-10,15,17H,11-14H2,1-4H3,(H,21,23)(H,22,24)/b6-5?,7-5-,8-6-,10-9?,16-7?,16-9-,18-8?,18-10+. The van der Waals surface area contributed by atoms with Gasteiger partial charge in [-0.15, -0.1) is 0 Å². The molecule has 132 valence electrons. The van der Waals surface area contributed by atoms with Crippen molar-refractivity contribution in [3.63, 3.8) is 0 Å². The van der Waals surface area contributed by atoms with Crippen molar-refractivity contribution >= 4 is 11.8 Å². The normalized spacial score (nSPS) is 22.2. The molecule has 0 saturated heterocycles. The highest BCUT2D eigenvalue weighted by Gasteiger charge is 2.15. The molecule has 4 nitrogen and oxygen atoms in total. The van der Waals surface area contributed by atoms with Gasteiger partial charge >= 0.3 is 0 Å². The van der Waals surface area contributed by atoms with E-state index in [0.717, 1.165) is 5.57 Å². The van der Waals surface area contributed by atoms with Crippen LogP contribution in [0.15, 0.2) is 47.6 Å². The Morgan fingerprint density at radius 3 is 2.38 bits per heavy atom. The second-order valence-electron chi connectivity index (χ2n) is 6.54. The van der Waals surface area contributed by atoms with E-state index in [1.165, 1.54) is 5.57 Å². The number of allylic oxidation sites excluding steroid dienone is 8. The second-order valence-corrected chi connectivity index (χ2v) is 6.54. The quantitative estimate of drug-likeness (QED) is 0.671. The van der Waals surface area contributed by atoms with E-state index < -0.39 is 0 Å². The van der Waals surface area contributed by atoms with Gasteiger partial charge in [-0.1, -0.05) is 62.8 Å². The summed E-state index contributed by atoms with van der Waals surface area (Å²) in [5.41, 5.74) is 2.32. The maximum absolute atomic E-state index is 11.9. The topological polar surface area (TPSA) is 58.2 Å². The highest BCUT2D eigenvalue weighted by atomic mass is 16.2. The fourth-order valence-corrected chi connectivity index (χ4v) is 2.10. The van der Waals surface area contributed by atoms with Gasteiger partial charge in [0.1, 0.15) is 0 Å². The lowest BCUT2D eigenvalue weighted by Gasteiger charge is -2.15. The summed E-state index contributed by atoms with van der Waals surface area (Å²) >= 11 is 0. The van der Waals surface area contributed by atoms with Crippen LogP contribution in [0.2, 0.25) is 0 Å². The molecule has 0 radical (unpaired) electrons. The van der Waals surface area contributed by atoms with Gasteiger partial charge in [-0.2, -0.15) is 0 Å². The smallest absolute Gasteiger partial charge is 0.223 e. The van der Waals surface area contributed by atoms with Crippen molar-refractivity contribution in [2.45, 2.75) is 40.5 Å². The van der Waals surface area contributed by atoms with Gasteiger partial charge in [0.2, 0.25) is 11.8 Å². The molecule has 2 N–H and O–H groups in total. The van der Waals surface area contributed by atoms with E-state index in [0.29, 0.717) is 31.8 Å². The molecule has 0 aliphatic heterocycles. The van der Waals surface area contributed by atoms with Gasteiger partial charge < -0.3 is 10.6 Å². The molecule has 1 atom stereocenters. The first kappa shape index (κ1) is 19.9. The molecule has 0 aromatic rings. The molecule has 0 aromatic heterocycles. The number of hydrogen-bond donors (Lipinski definition) is 2. The summed E-state index contributed by atoms with van der Waals surface area (Å²) in [6.07, 6.45) is 13.3. The van der Waals surface area contributed by atoms with E-state index in [1.54, 1.807) is 0 Å². The van der Waals surface area contributed by atoms with E-state index in [1.807, 2.05) is 52.0 Å². The number of carbonyl (C=O) groups excluding carboxylic acids is 2. The van der Waals surface area contributed by atoms with Gasteiger partial charge in [0.05, 0.1) is 0 Å². The number of amides is 2. The molecule has 0 saturated carbocycles. The molecule has 1 aliphatic rings. The SMILES string of the molecule is CC1=C/C=C(CCC(=O)NCCNC(=O)C(C)C(C)C)\C=C/C=C\1. The fraction of sp³-hybridized carbons (Fsp3) is 0.500. The van der Waals surface area contributed by atoms with Crippen LogP contribution in [0.4, 0.5) is 0 Å². The first-order chi connectivity index (χ1) is 11.4. The van der Waals surface area contributed by atoms with Crippen LogP contribution < -0.4 is 10.6 Å². The van der Waals surface area contributed by atoms with Crippen molar-refractivity contribution in [1.29, 1.82) is 0 Å². The molecule has 1 aliphatic carbocycles. The molecular formula is C20H30N2O2. The third-order valence-corrected chi connectivity index (χ3v) is 4.14. The van der Waals surface area contributed by atoms with Crippen LogP contribution >= 0.6 is 0 Å². The Hall–Kier alpha value is -2.10.